The highest BCUT2D eigenvalue weighted by Crippen LogP contribution is 2.29. The van der Waals surface area contributed by atoms with Crippen LogP contribution in [0.1, 0.15) is 19.8 Å². The summed E-state index contributed by atoms with van der Waals surface area (Å²) in [4.78, 5) is 11.9. The predicted octanol–water partition coefficient (Wildman–Crippen LogP) is 1.09. The van der Waals surface area contributed by atoms with E-state index >= 15 is 0 Å². The fourth-order valence-corrected chi connectivity index (χ4v) is 4.64. The van der Waals surface area contributed by atoms with Crippen LogP contribution in [0.5, 0.6) is 0 Å². The Balaban J connectivity index is 2.37. The molecule has 0 atom stereocenters. The Morgan fingerprint density at radius 3 is 2.70 bits per heavy atom. The zero-order chi connectivity index (χ0) is 17.0. The molecule has 0 spiro atoms. The number of unbranched alkanes of at least 4 members (excludes halogenated alkanes) is 1. The molecule has 2 aromatic rings. The molecule has 0 radical (unpaired) electrons. The summed E-state index contributed by atoms with van der Waals surface area (Å²) in [6.45, 7) is 1.94. The van der Waals surface area contributed by atoms with Crippen molar-refractivity contribution in [2.24, 2.45) is 27.2 Å². The monoisotopic (exact) mass is 354 g/mol. The highest BCUT2D eigenvalue weighted by Gasteiger charge is 2.19. The summed E-state index contributed by atoms with van der Waals surface area (Å²) < 4.78 is 25.2. The Morgan fingerprint density at radius 1 is 1.30 bits per heavy atom. The van der Waals surface area contributed by atoms with Gasteiger partial charge < -0.3 is 17.2 Å². The Kier molecular flexibility index (Phi) is 5.16. The van der Waals surface area contributed by atoms with E-state index in [0.29, 0.717) is 22.3 Å². The van der Waals surface area contributed by atoms with Gasteiger partial charge in [0.15, 0.2) is 5.96 Å². The van der Waals surface area contributed by atoms with E-state index in [1.165, 1.54) is 0 Å². The molecule has 0 saturated heterocycles. The second kappa shape index (κ2) is 6.92. The molecule has 124 valence electrons. The maximum absolute atomic E-state index is 12.2. The molecule has 0 aliphatic heterocycles. The Hall–Kier alpha value is -2.20. The van der Waals surface area contributed by atoms with Gasteiger partial charge in [0.25, 0.3) is 0 Å². The molecular weight excluding hydrogens is 336 g/mol. The average Bonchev–Trinajstić information content (AvgIpc) is 2.88. The van der Waals surface area contributed by atoms with Crippen LogP contribution in [0.15, 0.2) is 32.5 Å². The van der Waals surface area contributed by atoms with Gasteiger partial charge >= 0.3 is 0 Å². The first kappa shape index (κ1) is 17.2. The summed E-state index contributed by atoms with van der Waals surface area (Å²) in [5.74, 6) is -0.162. The fraction of sp³-hybridized carbons (Fsp3) is 0.308. The lowest BCUT2D eigenvalue weighted by molar-refractivity contribution is 0.592. The normalized spacial score (nSPS) is 12.5. The van der Waals surface area contributed by atoms with Crippen LogP contribution in [0.25, 0.3) is 10.2 Å². The van der Waals surface area contributed by atoms with Crippen LogP contribution in [0.4, 0.5) is 5.69 Å². The van der Waals surface area contributed by atoms with Gasteiger partial charge in [-0.2, -0.15) is 4.99 Å². The number of guanidine groups is 2. The highest BCUT2D eigenvalue weighted by atomic mass is 32.2. The summed E-state index contributed by atoms with van der Waals surface area (Å²) in [6.07, 6.45) is 1.43. The quantitative estimate of drug-likeness (QED) is 0.540. The average molecular weight is 354 g/mol. The number of thiazole rings is 1. The minimum atomic E-state index is -3.34. The summed E-state index contributed by atoms with van der Waals surface area (Å²) in [6, 6.07) is 5.05. The summed E-state index contributed by atoms with van der Waals surface area (Å²) in [7, 11) is -3.34. The molecule has 1 aromatic carbocycles. The van der Waals surface area contributed by atoms with Crippen molar-refractivity contribution in [1.82, 2.24) is 4.98 Å². The predicted molar refractivity (Wildman–Crippen MR) is 93.7 cm³/mol. The zero-order valence-corrected chi connectivity index (χ0v) is 14.2. The molecule has 0 aliphatic carbocycles. The van der Waals surface area contributed by atoms with Gasteiger partial charge in [-0.05, 0) is 24.6 Å². The van der Waals surface area contributed by atoms with Crippen molar-refractivity contribution in [2.75, 3.05) is 5.75 Å². The van der Waals surface area contributed by atoms with Crippen molar-refractivity contribution in [3.05, 3.63) is 18.2 Å². The molecule has 8 nitrogen and oxygen atoms in total. The van der Waals surface area contributed by atoms with E-state index < -0.39 is 9.84 Å². The van der Waals surface area contributed by atoms with Crippen molar-refractivity contribution in [2.45, 2.75) is 24.1 Å². The number of hydrogen-bond acceptors (Lipinski definition) is 5. The van der Waals surface area contributed by atoms with Crippen LogP contribution in [-0.4, -0.2) is 31.1 Å². The van der Waals surface area contributed by atoms with E-state index in [2.05, 4.69) is 15.0 Å². The van der Waals surface area contributed by atoms with Crippen LogP contribution in [0, 0.1) is 0 Å². The molecule has 0 bridgehead atoms. The molecule has 0 saturated carbocycles. The van der Waals surface area contributed by atoms with Gasteiger partial charge in [0.1, 0.15) is 0 Å². The molecule has 2 rings (SSSR count). The molecule has 0 aliphatic rings. The zero-order valence-electron chi connectivity index (χ0n) is 12.6. The molecule has 1 aromatic heterocycles. The standard InChI is InChI=1S/C13H18N6O2S2/c1-2-3-6-23(20,21)13-18-9-5-4-8(7-10(9)22-13)17-12(16)19-11(14)15/h4-5,7H,2-3,6H2,1H3,(H6,14,15,16,17,19). The number of nitrogens with zero attached hydrogens (tertiary/aromatic N) is 3. The van der Waals surface area contributed by atoms with E-state index in [1.54, 1.807) is 18.2 Å². The van der Waals surface area contributed by atoms with Crippen molar-refractivity contribution >= 4 is 49.0 Å². The Morgan fingerprint density at radius 2 is 2.04 bits per heavy atom. The van der Waals surface area contributed by atoms with Crippen molar-refractivity contribution in [1.29, 1.82) is 0 Å². The molecule has 10 heteroatoms. The Labute approximate surface area is 138 Å². The van der Waals surface area contributed by atoms with Gasteiger partial charge in [-0.25, -0.2) is 18.4 Å². The molecule has 1 heterocycles. The molecule has 0 unspecified atom stereocenters. The number of aromatic nitrogens is 1. The fourth-order valence-electron chi connectivity index (χ4n) is 1.81. The van der Waals surface area contributed by atoms with Gasteiger partial charge in [0.2, 0.25) is 20.1 Å². The summed E-state index contributed by atoms with van der Waals surface area (Å²) in [5, 5.41) is 0. The summed E-state index contributed by atoms with van der Waals surface area (Å²) in [5.41, 5.74) is 17.1. The van der Waals surface area contributed by atoms with Gasteiger partial charge in [-0.3, -0.25) is 0 Å². The number of nitrogens with two attached hydrogens (primary N) is 3. The number of fused-ring (bicyclic) bond motifs is 1. The van der Waals surface area contributed by atoms with Crippen LogP contribution < -0.4 is 17.2 Å². The number of aliphatic imine (C=N–C) groups is 2. The van der Waals surface area contributed by atoms with Crippen molar-refractivity contribution in [3.8, 4) is 0 Å². The molecule has 0 amide bonds. The lowest BCUT2D eigenvalue weighted by Crippen LogP contribution is -2.26. The third-order valence-electron chi connectivity index (χ3n) is 2.87. The first-order valence-electron chi connectivity index (χ1n) is 6.89. The van der Waals surface area contributed by atoms with Gasteiger partial charge in [-0.15, -0.1) is 11.3 Å². The third kappa shape index (κ3) is 4.39. The minimum Gasteiger partial charge on any atom is -0.370 e. The highest BCUT2D eigenvalue weighted by molar-refractivity contribution is 7.93. The van der Waals surface area contributed by atoms with E-state index in [0.717, 1.165) is 17.8 Å². The Bertz CT molecular complexity index is 866. The van der Waals surface area contributed by atoms with Crippen molar-refractivity contribution in [3.63, 3.8) is 0 Å². The maximum atomic E-state index is 12.2. The smallest absolute Gasteiger partial charge is 0.223 e. The SMILES string of the molecule is CCCCS(=O)(=O)c1nc2ccc(N=C(N)N=C(N)N)cc2s1. The van der Waals surface area contributed by atoms with Crippen LogP contribution in [0.2, 0.25) is 0 Å². The van der Waals surface area contributed by atoms with E-state index in [9.17, 15) is 8.42 Å². The number of hydrogen-bond donors (Lipinski definition) is 3. The summed E-state index contributed by atoms with van der Waals surface area (Å²) >= 11 is 1.12. The van der Waals surface area contributed by atoms with Crippen LogP contribution in [-0.2, 0) is 9.84 Å². The first-order chi connectivity index (χ1) is 10.8. The molecular formula is C13H18N6O2S2. The second-order valence-corrected chi connectivity index (χ2v) is 8.12. The molecule has 23 heavy (non-hydrogen) atoms. The van der Waals surface area contributed by atoms with E-state index in [1.807, 2.05) is 6.92 Å². The number of benzene rings is 1. The third-order valence-corrected chi connectivity index (χ3v) is 6.15. The van der Waals surface area contributed by atoms with Crippen molar-refractivity contribution < 1.29 is 8.42 Å². The van der Waals surface area contributed by atoms with Crippen LogP contribution >= 0.6 is 11.3 Å². The maximum Gasteiger partial charge on any atom is 0.223 e. The van der Waals surface area contributed by atoms with E-state index in [4.69, 9.17) is 17.2 Å². The number of rotatable bonds is 5. The topological polar surface area (TPSA) is 150 Å². The number of sulfone groups is 1. The lowest BCUT2D eigenvalue weighted by atomic mass is 10.3. The second-order valence-electron chi connectivity index (χ2n) is 4.81. The van der Waals surface area contributed by atoms with Crippen LogP contribution in [0.3, 0.4) is 0 Å². The minimum absolute atomic E-state index is 0.0790. The van der Waals surface area contributed by atoms with Gasteiger partial charge in [-0.1, -0.05) is 13.3 Å². The van der Waals surface area contributed by atoms with Gasteiger partial charge in [0.05, 0.1) is 21.7 Å². The molecule has 6 N–H and O–H groups in total. The van der Waals surface area contributed by atoms with E-state index in [-0.39, 0.29) is 22.0 Å². The first-order valence-corrected chi connectivity index (χ1v) is 9.36. The van der Waals surface area contributed by atoms with Gasteiger partial charge in [0, 0.05) is 0 Å². The largest absolute Gasteiger partial charge is 0.370 e. The lowest BCUT2D eigenvalue weighted by Gasteiger charge is -1.97. The molecule has 0 fully saturated rings.